The quantitative estimate of drug-likeness (QED) is 0.581. The first-order valence-corrected chi connectivity index (χ1v) is 3.24. The van der Waals surface area contributed by atoms with E-state index in [-0.39, 0.29) is 0 Å². The Hall–Kier alpha value is -1.12. The Morgan fingerprint density at radius 2 is 2.20 bits per heavy atom. The molecule has 1 aromatic rings. The second-order valence-corrected chi connectivity index (χ2v) is 2.18. The molecule has 0 aliphatic carbocycles. The van der Waals surface area contributed by atoms with E-state index < -0.39 is 0 Å². The van der Waals surface area contributed by atoms with Crippen molar-refractivity contribution in [3.63, 3.8) is 0 Å². The van der Waals surface area contributed by atoms with E-state index in [0.29, 0.717) is 0 Å². The molecule has 0 aliphatic heterocycles. The second kappa shape index (κ2) is 2.64. The molecule has 0 unspecified atom stereocenters. The number of allylic oxidation sites excluding steroid dienone is 1. The van der Waals surface area contributed by atoms with E-state index in [2.05, 4.69) is 10.3 Å². The maximum absolute atomic E-state index is 3.93. The van der Waals surface area contributed by atoms with Crippen LogP contribution in [0.2, 0.25) is 0 Å². The lowest BCUT2D eigenvalue weighted by atomic mass is 10.3. The zero-order valence-corrected chi connectivity index (χ0v) is 6.50. The summed E-state index contributed by atoms with van der Waals surface area (Å²) in [5.74, 6) is 0. The molecular formula is C7H11N3. The molecule has 0 atom stereocenters. The molecule has 10 heavy (non-hydrogen) atoms. The topological polar surface area (TPSA) is 30.7 Å². The molecule has 0 aliphatic rings. The highest BCUT2D eigenvalue weighted by molar-refractivity contribution is 5.45. The lowest BCUT2D eigenvalue weighted by molar-refractivity contribution is 0.696. The number of hydrogen-bond donors (Lipinski definition) is 0. The summed E-state index contributed by atoms with van der Waals surface area (Å²) < 4.78 is 1.76. The van der Waals surface area contributed by atoms with Gasteiger partial charge in [0.1, 0.15) is 5.69 Å². The maximum atomic E-state index is 3.93. The Bertz CT molecular complexity index is 247. The van der Waals surface area contributed by atoms with Gasteiger partial charge in [-0.05, 0) is 19.9 Å². The minimum atomic E-state index is 0.949. The molecule has 0 saturated heterocycles. The smallest absolute Gasteiger partial charge is 0.108 e. The van der Waals surface area contributed by atoms with Crippen molar-refractivity contribution in [2.45, 2.75) is 13.8 Å². The first-order chi connectivity index (χ1) is 4.75. The van der Waals surface area contributed by atoms with E-state index in [9.17, 15) is 0 Å². The summed E-state index contributed by atoms with van der Waals surface area (Å²) in [5.41, 5.74) is 2.04. The maximum Gasteiger partial charge on any atom is 0.108 e. The second-order valence-electron chi connectivity index (χ2n) is 2.18. The first kappa shape index (κ1) is 6.99. The molecule has 0 spiro atoms. The van der Waals surface area contributed by atoms with Gasteiger partial charge in [-0.25, -0.2) is 0 Å². The Kier molecular flexibility index (Phi) is 1.85. The van der Waals surface area contributed by atoms with E-state index in [1.807, 2.05) is 33.0 Å². The van der Waals surface area contributed by atoms with Crippen LogP contribution in [0.4, 0.5) is 0 Å². The van der Waals surface area contributed by atoms with Gasteiger partial charge in [0.25, 0.3) is 0 Å². The van der Waals surface area contributed by atoms with Crippen LogP contribution in [0.3, 0.4) is 0 Å². The molecule has 3 nitrogen and oxygen atoms in total. The van der Waals surface area contributed by atoms with Gasteiger partial charge >= 0.3 is 0 Å². The number of aryl methyl sites for hydroxylation is 1. The zero-order chi connectivity index (χ0) is 7.56. The Morgan fingerprint density at radius 1 is 1.50 bits per heavy atom. The van der Waals surface area contributed by atoms with Crippen LogP contribution in [0.15, 0.2) is 6.08 Å². The SMILES string of the molecule is C/C=C\c1nnn(C)c1C. The van der Waals surface area contributed by atoms with Crippen molar-refractivity contribution in [1.82, 2.24) is 15.0 Å². The third-order valence-electron chi connectivity index (χ3n) is 1.47. The largest absolute Gasteiger partial charge is 0.252 e. The molecule has 1 heterocycles. The van der Waals surface area contributed by atoms with Crippen LogP contribution in [0.5, 0.6) is 0 Å². The van der Waals surface area contributed by atoms with Crippen LogP contribution in [-0.2, 0) is 7.05 Å². The molecule has 0 radical (unpaired) electrons. The summed E-state index contributed by atoms with van der Waals surface area (Å²) in [5, 5.41) is 7.78. The van der Waals surface area contributed by atoms with Gasteiger partial charge in [-0.15, -0.1) is 5.10 Å². The van der Waals surface area contributed by atoms with Crippen LogP contribution in [0.25, 0.3) is 6.08 Å². The highest BCUT2D eigenvalue weighted by atomic mass is 15.4. The van der Waals surface area contributed by atoms with Crippen LogP contribution in [0, 0.1) is 6.92 Å². The third kappa shape index (κ3) is 1.07. The molecule has 0 amide bonds. The molecule has 3 heteroatoms. The van der Waals surface area contributed by atoms with E-state index in [1.165, 1.54) is 0 Å². The minimum absolute atomic E-state index is 0.949. The van der Waals surface area contributed by atoms with Gasteiger partial charge in [-0.2, -0.15) is 0 Å². The lowest BCUT2D eigenvalue weighted by Crippen LogP contribution is -1.92. The molecule has 0 fully saturated rings. The van der Waals surface area contributed by atoms with Gasteiger partial charge in [-0.1, -0.05) is 11.3 Å². The molecule has 0 N–H and O–H groups in total. The summed E-state index contributed by atoms with van der Waals surface area (Å²) in [4.78, 5) is 0. The van der Waals surface area contributed by atoms with Crippen LogP contribution >= 0.6 is 0 Å². The molecule has 0 aromatic carbocycles. The normalized spacial score (nSPS) is 11.1. The van der Waals surface area contributed by atoms with Crippen molar-refractivity contribution in [1.29, 1.82) is 0 Å². The van der Waals surface area contributed by atoms with Crippen molar-refractivity contribution in [3.8, 4) is 0 Å². The van der Waals surface area contributed by atoms with E-state index >= 15 is 0 Å². The van der Waals surface area contributed by atoms with Gasteiger partial charge in [0.15, 0.2) is 0 Å². The average molecular weight is 137 g/mol. The third-order valence-corrected chi connectivity index (χ3v) is 1.47. The summed E-state index contributed by atoms with van der Waals surface area (Å²) >= 11 is 0. The fourth-order valence-corrected chi connectivity index (χ4v) is 0.732. The highest BCUT2D eigenvalue weighted by Crippen LogP contribution is 2.02. The molecule has 54 valence electrons. The monoisotopic (exact) mass is 137 g/mol. The van der Waals surface area contributed by atoms with Crippen molar-refractivity contribution in [3.05, 3.63) is 17.5 Å². The highest BCUT2D eigenvalue weighted by Gasteiger charge is 1.99. The predicted octanol–water partition coefficient (Wildman–Crippen LogP) is 1.16. The van der Waals surface area contributed by atoms with Gasteiger partial charge < -0.3 is 0 Å². The number of hydrogen-bond acceptors (Lipinski definition) is 2. The van der Waals surface area contributed by atoms with Gasteiger partial charge in [-0.3, -0.25) is 4.68 Å². The Balaban J connectivity index is 3.05. The van der Waals surface area contributed by atoms with E-state index in [1.54, 1.807) is 4.68 Å². The van der Waals surface area contributed by atoms with Crippen molar-refractivity contribution >= 4 is 6.08 Å². The van der Waals surface area contributed by atoms with Crippen LogP contribution < -0.4 is 0 Å². The van der Waals surface area contributed by atoms with E-state index in [4.69, 9.17) is 0 Å². The lowest BCUT2D eigenvalue weighted by Gasteiger charge is -1.89. The predicted molar refractivity (Wildman–Crippen MR) is 40.4 cm³/mol. The summed E-state index contributed by atoms with van der Waals surface area (Å²) in [6.45, 7) is 3.96. The van der Waals surface area contributed by atoms with E-state index in [0.717, 1.165) is 11.4 Å². The number of rotatable bonds is 1. The standard InChI is InChI=1S/C7H11N3/c1-4-5-7-6(2)10(3)9-8-7/h4-5H,1-3H3/b5-4-. The molecule has 1 rings (SSSR count). The van der Waals surface area contributed by atoms with Crippen LogP contribution in [-0.4, -0.2) is 15.0 Å². The number of aromatic nitrogens is 3. The van der Waals surface area contributed by atoms with Crippen molar-refractivity contribution < 1.29 is 0 Å². The molecular weight excluding hydrogens is 126 g/mol. The van der Waals surface area contributed by atoms with Crippen molar-refractivity contribution in [2.24, 2.45) is 7.05 Å². The Morgan fingerprint density at radius 3 is 2.60 bits per heavy atom. The van der Waals surface area contributed by atoms with Gasteiger partial charge in [0.05, 0.1) is 5.69 Å². The van der Waals surface area contributed by atoms with Gasteiger partial charge in [0.2, 0.25) is 0 Å². The van der Waals surface area contributed by atoms with Gasteiger partial charge in [0, 0.05) is 7.05 Å². The Labute approximate surface area is 60.4 Å². The average Bonchev–Trinajstić information content (AvgIpc) is 2.20. The van der Waals surface area contributed by atoms with Crippen molar-refractivity contribution in [2.75, 3.05) is 0 Å². The fourth-order valence-electron chi connectivity index (χ4n) is 0.732. The molecule has 1 aromatic heterocycles. The summed E-state index contributed by atoms with van der Waals surface area (Å²) in [6.07, 6.45) is 3.90. The molecule has 0 bridgehead atoms. The number of nitrogens with zero attached hydrogens (tertiary/aromatic N) is 3. The summed E-state index contributed by atoms with van der Waals surface area (Å²) in [7, 11) is 1.88. The van der Waals surface area contributed by atoms with Crippen LogP contribution in [0.1, 0.15) is 18.3 Å². The summed E-state index contributed by atoms with van der Waals surface area (Å²) in [6, 6.07) is 0. The first-order valence-electron chi connectivity index (χ1n) is 3.24. The zero-order valence-electron chi connectivity index (χ0n) is 6.50. The fraction of sp³-hybridized carbons (Fsp3) is 0.429. The minimum Gasteiger partial charge on any atom is -0.252 e. The molecule has 0 saturated carbocycles.